The first kappa shape index (κ1) is 13.2. The maximum Gasteiger partial charge on any atom is 0.123 e. The summed E-state index contributed by atoms with van der Waals surface area (Å²) in [6.07, 6.45) is 0.877. The zero-order valence-corrected chi connectivity index (χ0v) is 11.7. The molecule has 0 amide bonds. The fourth-order valence-corrected chi connectivity index (χ4v) is 2.43. The van der Waals surface area contributed by atoms with Crippen molar-refractivity contribution in [1.82, 2.24) is 5.32 Å². The minimum atomic E-state index is -0.198. The molecule has 0 spiro atoms. The molecule has 0 saturated heterocycles. The van der Waals surface area contributed by atoms with Crippen molar-refractivity contribution in [2.24, 2.45) is 0 Å². The lowest BCUT2D eigenvalue weighted by atomic mass is 9.99. The summed E-state index contributed by atoms with van der Waals surface area (Å²) in [5, 5.41) is 3.27. The van der Waals surface area contributed by atoms with Gasteiger partial charge in [-0.3, -0.25) is 0 Å². The van der Waals surface area contributed by atoms with E-state index >= 15 is 0 Å². The predicted molar refractivity (Wildman–Crippen MR) is 76.0 cm³/mol. The summed E-state index contributed by atoms with van der Waals surface area (Å²) in [4.78, 5) is 0. The minimum Gasteiger partial charge on any atom is -0.313 e. The van der Waals surface area contributed by atoms with E-state index in [0.29, 0.717) is 0 Å². The Kier molecular flexibility index (Phi) is 4.50. The highest BCUT2D eigenvalue weighted by Crippen LogP contribution is 2.20. The first-order chi connectivity index (χ1) is 8.69. The average molecular weight is 308 g/mol. The zero-order chi connectivity index (χ0) is 13.0. The third-order valence-corrected chi connectivity index (χ3v) is 3.44. The molecule has 0 saturated carbocycles. The molecule has 0 bridgehead atoms. The van der Waals surface area contributed by atoms with E-state index in [9.17, 15) is 4.39 Å². The molecule has 1 nitrogen and oxygen atoms in total. The molecule has 0 aliphatic heterocycles. The maximum absolute atomic E-state index is 12.9. The van der Waals surface area contributed by atoms with Crippen molar-refractivity contribution in [3.05, 3.63) is 69.9 Å². The standard InChI is InChI=1S/C15H15BrFN/c1-18-15(12-5-7-14(17)8-6-12)10-11-3-2-4-13(16)9-11/h2-9,15,18H,10H2,1H3. The molecule has 0 aliphatic carbocycles. The van der Waals surface area contributed by atoms with Crippen LogP contribution >= 0.6 is 15.9 Å². The molecular weight excluding hydrogens is 293 g/mol. The lowest BCUT2D eigenvalue weighted by molar-refractivity contribution is 0.586. The molecule has 0 aromatic heterocycles. The summed E-state index contributed by atoms with van der Waals surface area (Å²) < 4.78 is 14.0. The highest BCUT2D eigenvalue weighted by Gasteiger charge is 2.10. The highest BCUT2D eigenvalue weighted by atomic mass is 79.9. The van der Waals surface area contributed by atoms with E-state index in [-0.39, 0.29) is 11.9 Å². The van der Waals surface area contributed by atoms with Gasteiger partial charge in [-0.15, -0.1) is 0 Å². The third kappa shape index (κ3) is 3.40. The van der Waals surface area contributed by atoms with Crippen molar-refractivity contribution in [3.8, 4) is 0 Å². The second kappa shape index (κ2) is 6.12. The number of halogens is 2. The lowest BCUT2D eigenvalue weighted by Gasteiger charge is -2.17. The van der Waals surface area contributed by atoms with Gasteiger partial charge in [-0.1, -0.05) is 40.2 Å². The van der Waals surface area contributed by atoms with Crippen molar-refractivity contribution >= 4 is 15.9 Å². The monoisotopic (exact) mass is 307 g/mol. The molecule has 3 heteroatoms. The van der Waals surface area contributed by atoms with Gasteiger partial charge in [0, 0.05) is 10.5 Å². The van der Waals surface area contributed by atoms with E-state index in [4.69, 9.17) is 0 Å². The van der Waals surface area contributed by atoms with Crippen molar-refractivity contribution in [3.63, 3.8) is 0 Å². The Labute approximate surface area is 115 Å². The van der Waals surface area contributed by atoms with Crippen molar-refractivity contribution in [2.75, 3.05) is 7.05 Å². The number of hydrogen-bond acceptors (Lipinski definition) is 1. The van der Waals surface area contributed by atoms with Gasteiger partial charge in [-0.2, -0.15) is 0 Å². The average Bonchev–Trinajstić information content (AvgIpc) is 2.37. The third-order valence-electron chi connectivity index (χ3n) is 2.95. The van der Waals surface area contributed by atoms with Gasteiger partial charge in [0.25, 0.3) is 0 Å². The summed E-state index contributed by atoms with van der Waals surface area (Å²) in [5.41, 5.74) is 2.34. The van der Waals surface area contributed by atoms with Crippen LogP contribution < -0.4 is 5.32 Å². The van der Waals surface area contributed by atoms with Crippen LogP contribution in [0.1, 0.15) is 17.2 Å². The molecule has 2 aromatic rings. The van der Waals surface area contributed by atoms with Gasteiger partial charge in [-0.25, -0.2) is 4.39 Å². The summed E-state index contributed by atoms with van der Waals surface area (Å²) in [7, 11) is 1.92. The molecule has 1 N–H and O–H groups in total. The normalized spacial score (nSPS) is 12.4. The molecule has 1 unspecified atom stereocenters. The summed E-state index contributed by atoms with van der Waals surface area (Å²) in [6, 6.07) is 15.1. The fourth-order valence-electron chi connectivity index (χ4n) is 1.98. The molecule has 18 heavy (non-hydrogen) atoms. The Balaban J connectivity index is 2.17. The van der Waals surface area contributed by atoms with Gasteiger partial charge in [0.15, 0.2) is 0 Å². The second-order valence-electron chi connectivity index (χ2n) is 4.23. The number of likely N-dealkylation sites (N-methyl/N-ethyl adjacent to an activating group) is 1. The van der Waals surface area contributed by atoms with Crippen LogP contribution in [0.25, 0.3) is 0 Å². The Bertz CT molecular complexity index is 510. The Morgan fingerprint density at radius 2 is 1.89 bits per heavy atom. The summed E-state index contributed by atoms with van der Waals surface area (Å²) in [6.45, 7) is 0. The zero-order valence-electron chi connectivity index (χ0n) is 10.2. The van der Waals surface area contributed by atoms with Gasteiger partial charge >= 0.3 is 0 Å². The maximum atomic E-state index is 12.9. The lowest BCUT2D eigenvalue weighted by Crippen LogP contribution is -2.18. The van der Waals surface area contributed by atoms with E-state index < -0.39 is 0 Å². The first-order valence-electron chi connectivity index (χ1n) is 5.86. The highest BCUT2D eigenvalue weighted by molar-refractivity contribution is 9.10. The SMILES string of the molecule is CNC(Cc1cccc(Br)c1)c1ccc(F)cc1. The Morgan fingerprint density at radius 1 is 1.17 bits per heavy atom. The molecule has 0 heterocycles. The van der Waals surface area contributed by atoms with Crippen LogP contribution in [-0.4, -0.2) is 7.05 Å². The molecule has 2 aromatic carbocycles. The van der Waals surface area contributed by atoms with Gasteiger partial charge in [-0.05, 0) is 48.9 Å². The van der Waals surface area contributed by atoms with E-state index in [1.165, 1.54) is 17.7 Å². The van der Waals surface area contributed by atoms with Crippen LogP contribution in [0.4, 0.5) is 4.39 Å². The Morgan fingerprint density at radius 3 is 2.50 bits per heavy atom. The van der Waals surface area contributed by atoms with Gasteiger partial charge in [0.05, 0.1) is 0 Å². The van der Waals surface area contributed by atoms with Crippen LogP contribution in [0.2, 0.25) is 0 Å². The van der Waals surface area contributed by atoms with E-state index in [0.717, 1.165) is 16.5 Å². The van der Waals surface area contributed by atoms with Crippen molar-refractivity contribution in [1.29, 1.82) is 0 Å². The topological polar surface area (TPSA) is 12.0 Å². The van der Waals surface area contributed by atoms with Crippen LogP contribution in [-0.2, 0) is 6.42 Å². The molecule has 2 rings (SSSR count). The fraction of sp³-hybridized carbons (Fsp3) is 0.200. The molecule has 0 radical (unpaired) electrons. The first-order valence-corrected chi connectivity index (χ1v) is 6.65. The van der Waals surface area contributed by atoms with Gasteiger partial charge in [0.1, 0.15) is 5.82 Å². The smallest absolute Gasteiger partial charge is 0.123 e. The van der Waals surface area contributed by atoms with E-state index in [1.807, 2.05) is 31.3 Å². The minimum absolute atomic E-state index is 0.194. The molecule has 94 valence electrons. The quantitative estimate of drug-likeness (QED) is 0.897. The summed E-state index contributed by atoms with van der Waals surface area (Å²) >= 11 is 3.47. The van der Waals surface area contributed by atoms with Crippen LogP contribution in [0.15, 0.2) is 53.0 Å². The molecular formula is C15H15BrFN. The second-order valence-corrected chi connectivity index (χ2v) is 5.14. The van der Waals surface area contributed by atoms with Crippen molar-refractivity contribution in [2.45, 2.75) is 12.5 Å². The van der Waals surface area contributed by atoms with Gasteiger partial charge in [0.2, 0.25) is 0 Å². The van der Waals surface area contributed by atoms with Crippen LogP contribution in [0.5, 0.6) is 0 Å². The number of benzene rings is 2. The van der Waals surface area contributed by atoms with Gasteiger partial charge < -0.3 is 5.32 Å². The molecule has 0 aliphatic rings. The van der Waals surface area contributed by atoms with E-state index in [2.05, 4.69) is 33.4 Å². The number of nitrogens with one attached hydrogen (secondary N) is 1. The molecule has 0 fully saturated rings. The van der Waals surface area contributed by atoms with E-state index in [1.54, 1.807) is 0 Å². The predicted octanol–water partition coefficient (Wildman–Crippen LogP) is 4.09. The number of hydrogen-bond donors (Lipinski definition) is 1. The Hall–Kier alpha value is -1.19. The number of rotatable bonds is 4. The summed E-state index contributed by atoms with van der Waals surface area (Å²) in [5.74, 6) is -0.198. The van der Waals surface area contributed by atoms with Crippen molar-refractivity contribution < 1.29 is 4.39 Å². The van der Waals surface area contributed by atoms with Crippen LogP contribution in [0.3, 0.4) is 0 Å². The van der Waals surface area contributed by atoms with Crippen LogP contribution in [0, 0.1) is 5.82 Å². The largest absolute Gasteiger partial charge is 0.313 e. The molecule has 1 atom stereocenters.